The first-order chi connectivity index (χ1) is 6.93. The first kappa shape index (κ1) is 17.9. The maximum Gasteiger partial charge on any atom is 4.00 e. The van der Waals surface area contributed by atoms with E-state index < -0.39 is 18.4 Å². The Morgan fingerprint density at radius 2 is 1.31 bits per heavy atom. The molecule has 0 aromatic rings. The van der Waals surface area contributed by atoms with E-state index >= 15 is 0 Å². The van der Waals surface area contributed by atoms with E-state index in [2.05, 4.69) is 0 Å². The summed E-state index contributed by atoms with van der Waals surface area (Å²) in [5.41, 5.74) is 14.6. The minimum Gasteiger partial charge on any atom is -0.676 e. The van der Waals surface area contributed by atoms with Gasteiger partial charge in [0.2, 0.25) is 0 Å². The number of carbonyl (C=O) groups is 2. The van der Waals surface area contributed by atoms with Gasteiger partial charge < -0.3 is 31.3 Å². The van der Waals surface area contributed by atoms with Crippen LogP contribution in [0, 0.1) is 0 Å². The fourth-order valence-electron chi connectivity index (χ4n) is 1.25. The summed E-state index contributed by atoms with van der Waals surface area (Å²) < 4.78 is 0. The second-order valence-corrected chi connectivity index (χ2v) is 3.42. The predicted octanol–water partition coefficient (Wildman–Crippen LogP) is -0.724. The standard InChI is InChI=1S/C6H12N2.C3H4O4.Pt/c7-5-3-1-2-4-6(5)8;4-2(5)1-3(6)7;/h5-8H,1-4H2;1H2,(H,4,5)(H,6,7);/q-2;;+4/p-2. The van der Waals surface area contributed by atoms with Gasteiger partial charge in [-0.3, -0.25) is 0 Å². The summed E-state index contributed by atoms with van der Waals surface area (Å²) in [6, 6.07) is -0.160. The van der Waals surface area contributed by atoms with E-state index in [0.717, 1.165) is 12.8 Å². The van der Waals surface area contributed by atoms with Crippen molar-refractivity contribution in [3.05, 3.63) is 11.5 Å². The third kappa shape index (κ3) is 10.1. The molecule has 2 unspecified atom stereocenters. The summed E-state index contributed by atoms with van der Waals surface area (Å²) in [6.45, 7) is 0. The molecule has 6 nitrogen and oxygen atoms in total. The number of rotatable bonds is 2. The van der Waals surface area contributed by atoms with Gasteiger partial charge in [-0.15, -0.1) is 0 Å². The van der Waals surface area contributed by atoms with Crippen molar-refractivity contribution in [2.24, 2.45) is 0 Å². The number of nitrogens with one attached hydrogen (secondary N) is 2. The molecule has 7 heteroatoms. The van der Waals surface area contributed by atoms with Crippen LogP contribution in [0.2, 0.25) is 0 Å². The van der Waals surface area contributed by atoms with E-state index in [0.29, 0.717) is 0 Å². The van der Waals surface area contributed by atoms with Crippen LogP contribution in [0.3, 0.4) is 0 Å². The molecule has 0 radical (unpaired) electrons. The summed E-state index contributed by atoms with van der Waals surface area (Å²) in [7, 11) is 0. The van der Waals surface area contributed by atoms with Gasteiger partial charge >= 0.3 is 21.1 Å². The van der Waals surface area contributed by atoms with E-state index in [9.17, 15) is 19.8 Å². The van der Waals surface area contributed by atoms with Gasteiger partial charge in [0.1, 0.15) is 0 Å². The van der Waals surface area contributed by atoms with E-state index in [1.165, 1.54) is 12.8 Å². The van der Waals surface area contributed by atoms with Crippen LogP contribution in [-0.2, 0) is 30.7 Å². The summed E-state index contributed by atoms with van der Waals surface area (Å²) in [4.78, 5) is 18.6. The average molecular weight is 409 g/mol. The van der Waals surface area contributed by atoms with Crippen molar-refractivity contribution < 1.29 is 40.9 Å². The van der Waals surface area contributed by atoms with Crippen LogP contribution in [-0.4, -0.2) is 24.0 Å². The topological polar surface area (TPSA) is 128 Å². The average Bonchev–Trinajstić information content (AvgIpc) is 2.08. The Morgan fingerprint density at radius 3 is 1.44 bits per heavy atom. The SMILES string of the molecule is O=C([O-])CC(=O)[O-].[NH-]C1CCCCC1[NH-].[Pt+4]. The molecular weight excluding hydrogens is 395 g/mol. The van der Waals surface area contributed by atoms with Crippen LogP contribution in [0.1, 0.15) is 32.1 Å². The molecule has 2 N–H and O–H groups in total. The molecule has 1 rings (SSSR count). The largest absolute Gasteiger partial charge is 4.00 e. The molecule has 0 aromatic carbocycles. The van der Waals surface area contributed by atoms with Crippen molar-refractivity contribution in [3.8, 4) is 0 Å². The Balaban J connectivity index is 0. The van der Waals surface area contributed by atoms with E-state index in [1.54, 1.807) is 0 Å². The van der Waals surface area contributed by atoms with Gasteiger partial charge in [0.05, 0.1) is 0 Å². The van der Waals surface area contributed by atoms with Gasteiger partial charge in [-0.1, -0.05) is 25.7 Å². The number of hydrogen-bond donors (Lipinski definition) is 0. The predicted molar refractivity (Wildman–Crippen MR) is 49.3 cm³/mol. The second kappa shape index (κ2) is 9.75. The first-order valence-corrected chi connectivity index (χ1v) is 4.75. The maximum atomic E-state index is 9.28. The molecule has 1 aliphatic rings. The van der Waals surface area contributed by atoms with Crippen LogP contribution < -0.4 is 10.2 Å². The maximum absolute atomic E-state index is 9.28. The van der Waals surface area contributed by atoms with Crippen LogP contribution in [0.25, 0.3) is 11.5 Å². The Hall–Kier alpha value is -0.452. The van der Waals surface area contributed by atoms with Gasteiger partial charge in [-0.25, -0.2) is 0 Å². The van der Waals surface area contributed by atoms with E-state index in [4.69, 9.17) is 11.5 Å². The molecule has 0 aromatic heterocycles. The molecule has 1 aliphatic carbocycles. The van der Waals surface area contributed by atoms with E-state index in [-0.39, 0.29) is 33.1 Å². The molecule has 0 aliphatic heterocycles. The minimum absolute atomic E-state index is 0. The van der Waals surface area contributed by atoms with Gasteiger partial charge in [0.15, 0.2) is 0 Å². The molecule has 1 saturated carbocycles. The van der Waals surface area contributed by atoms with Gasteiger partial charge in [-0.2, -0.15) is 12.1 Å². The Labute approximate surface area is 109 Å². The molecule has 1 fully saturated rings. The van der Waals surface area contributed by atoms with Crippen molar-refractivity contribution in [1.82, 2.24) is 0 Å². The van der Waals surface area contributed by atoms with Crippen LogP contribution in [0.4, 0.5) is 0 Å². The minimum atomic E-state index is -1.63. The monoisotopic (exact) mass is 409 g/mol. The molecule has 0 amide bonds. The number of carbonyl (C=O) groups excluding carboxylic acids is 2. The van der Waals surface area contributed by atoms with Gasteiger partial charge in [0.25, 0.3) is 0 Å². The van der Waals surface area contributed by atoms with Gasteiger partial charge in [-0.05, 0) is 0 Å². The fourth-order valence-corrected chi connectivity index (χ4v) is 1.25. The fraction of sp³-hybridized carbons (Fsp3) is 0.778. The van der Waals surface area contributed by atoms with Crippen molar-refractivity contribution in [3.63, 3.8) is 0 Å². The third-order valence-corrected chi connectivity index (χ3v) is 2.05. The molecular formula is C9H14N2O4Pt. The van der Waals surface area contributed by atoms with Crippen LogP contribution in [0.15, 0.2) is 0 Å². The Kier molecular flexibility index (Phi) is 10.9. The zero-order chi connectivity index (χ0) is 11.8. The van der Waals surface area contributed by atoms with Crippen molar-refractivity contribution in [1.29, 1.82) is 0 Å². The molecule has 0 heterocycles. The zero-order valence-corrected chi connectivity index (χ0v) is 10.9. The van der Waals surface area contributed by atoms with Crippen LogP contribution in [0.5, 0.6) is 0 Å². The molecule has 0 saturated heterocycles. The quantitative estimate of drug-likeness (QED) is 0.557. The number of aliphatic carboxylic acids is 2. The third-order valence-electron chi connectivity index (χ3n) is 2.05. The summed E-state index contributed by atoms with van der Waals surface area (Å²) in [5, 5.41) is 18.6. The van der Waals surface area contributed by atoms with Crippen molar-refractivity contribution in [2.45, 2.75) is 44.2 Å². The number of carboxylic acid groups (broad SMARTS) is 2. The van der Waals surface area contributed by atoms with Crippen molar-refractivity contribution in [2.75, 3.05) is 0 Å². The zero-order valence-electron chi connectivity index (χ0n) is 8.64. The summed E-state index contributed by atoms with van der Waals surface area (Å²) in [6.07, 6.45) is 3.22. The van der Waals surface area contributed by atoms with E-state index in [1.807, 2.05) is 0 Å². The number of carboxylic acids is 2. The number of hydrogen-bond acceptors (Lipinski definition) is 4. The Bertz CT molecular complexity index is 204. The van der Waals surface area contributed by atoms with Crippen molar-refractivity contribution >= 4 is 11.9 Å². The molecule has 16 heavy (non-hydrogen) atoms. The summed E-state index contributed by atoms with van der Waals surface area (Å²) >= 11 is 0. The second-order valence-electron chi connectivity index (χ2n) is 3.42. The Morgan fingerprint density at radius 1 is 1.00 bits per heavy atom. The summed E-state index contributed by atoms with van der Waals surface area (Å²) in [5.74, 6) is -3.25. The normalized spacial score (nSPS) is 23.4. The molecule has 94 valence electrons. The van der Waals surface area contributed by atoms with Gasteiger partial charge in [0, 0.05) is 18.4 Å². The molecule has 0 spiro atoms. The smallest absolute Gasteiger partial charge is 0.676 e. The molecule has 2 atom stereocenters. The first-order valence-electron chi connectivity index (χ1n) is 4.75. The van der Waals surface area contributed by atoms with Crippen LogP contribution >= 0.6 is 0 Å². The molecule has 0 bridgehead atoms.